The second-order valence-corrected chi connectivity index (χ2v) is 9.45. The average Bonchev–Trinajstić information content (AvgIpc) is 3.41. The third-order valence-corrected chi connectivity index (χ3v) is 6.89. The summed E-state index contributed by atoms with van der Waals surface area (Å²) in [6, 6.07) is 6.13. The molecule has 3 aromatic rings. The van der Waals surface area contributed by atoms with E-state index in [-0.39, 0.29) is 23.3 Å². The number of carbonyl (C=O) groups is 1. The molecule has 9 heteroatoms. The van der Waals surface area contributed by atoms with Crippen molar-refractivity contribution >= 4 is 29.0 Å². The molecule has 2 fully saturated rings. The van der Waals surface area contributed by atoms with Crippen LogP contribution in [0, 0.1) is 5.82 Å². The Hall–Kier alpha value is -3.10. The molecule has 1 amide bonds. The summed E-state index contributed by atoms with van der Waals surface area (Å²) in [7, 11) is 0. The molecule has 1 aliphatic heterocycles. The Morgan fingerprint density at radius 1 is 1.09 bits per heavy atom. The highest BCUT2D eigenvalue weighted by molar-refractivity contribution is 6.30. The van der Waals surface area contributed by atoms with E-state index in [0.717, 1.165) is 44.1 Å². The summed E-state index contributed by atoms with van der Waals surface area (Å²) in [5, 5.41) is 6.84. The second-order valence-electron chi connectivity index (χ2n) is 9.01. The fourth-order valence-electron chi connectivity index (χ4n) is 4.74. The van der Waals surface area contributed by atoms with Gasteiger partial charge in [-0.3, -0.25) is 9.78 Å². The molecule has 0 atom stereocenters. The Kier molecular flexibility index (Phi) is 7.20. The van der Waals surface area contributed by atoms with Gasteiger partial charge in [0.15, 0.2) is 5.82 Å². The van der Waals surface area contributed by atoms with Crippen molar-refractivity contribution < 1.29 is 13.9 Å². The van der Waals surface area contributed by atoms with Gasteiger partial charge in [-0.1, -0.05) is 24.4 Å². The van der Waals surface area contributed by atoms with Crippen LogP contribution in [-0.2, 0) is 4.74 Å². The summed E-state index contributed by atoms with van der Waals surface area (Å²) in [5.41, 5.74) is 2.19. The second kappa shape index (κ2) is 10.7. The predicted octanol–water partition coefficient (Wildman–Crippen LogP) is 5.64. The standard InChI is InChI=1S/C26H27ClFN5O2/c27-17-5-6-22(28)19(13-17)24-30-15-20(16-3-1-2-4-16)25(33-24)32-23-7-10-29-14-21(23)26(34)31-18-8-11-35-12-9-18/h5-7,10,13-16,18H,1-4,8-9,11-12H2,(H,31,34)(H,29,30,32,33). The highest BCUT2D eigenvalue weighted by Gasteiger charge is 2.24. The SMILES string of the molecule is O=C(NC1CCOCC1)c1cnccc1Nc1nc(-c2cc(Cl)ccc2F)ncc1C1CCCC1. The number of benzene rings is 1. The summed E-state index contributed by atoms with van der Waals surface area (Å²) in [5.74, 6) is 0.445. The fourth-order valence-corrected chi connectivity index (χ4v) is 4.91. The van der Waals surface area contributed by atoms with Crippen molar-refractivity contribution in [2.24, 2.45) is 0 Å². The number of nitrogens with one attached hydrogen (secondary N) is 2. The lowest BCUT2D eigenvalue weighted by atomic mass is 9.99. The van der Waals surface area contributed by atoms with E-state index in [1.165, 1.54) is 18.2 Å². The number of rotatable bonds is 6. The zero-order chi connectivity index (χ0) is 24.2. The maximum atomic E-state index is 14.6. The maximum Gasteiger partial charge on any atom is 0.255 e. The Morgan fingerprint density at radius 2 is 1.89 bits per heavy atom. The molecule has 0 bridgehead atoms. The molecule has 3 heterocycles. The van der Waals surface area contributed by atoms with Crippen LogP contribution in [0.25, 0.3) is 11.4 Å². The van der Waals surface area contributed by atoms with Crippen molar-refractivity contribution in [2.45, 2.75) is 50.5 Å². The monoisotopic (exact) mass is 495 g/mol. The molecule has 1 saturated heterocycles. The van der Waals surface area contributed by atoms with Gasteiger partial charge in [-0.25, -0.2) is 14.4 Å². The third kappa shape index (κ3) is 5.44. The van der Waals surface area contributed by atoms with Gasteiger partial charge in [0.2, 0.25) is 0 Å². The van der Waals surface area contributed by atoms with Crippen molar-refractivity contribution in [3.05, 3.63) is 64.8 Å². The van der Waals surface area contributed by atoms with Crippen LogP contribution in [0.2, 0.25) is 5.02 Å². The van der Waals surface area contributed by atoms with Crippen molar-refractivity contribution in [1.82, 2.24) is 20.3 Å². The highest BCUT2D eigenvalue weighted by Crippen LogP contribution is 2.39. The van der Waals surface area contributed by atoms with E-state index in [2.05, 4.69) is 20.6 Å². The lowest BCUT2D eigenvalue weighted by Crippen LogP contribution is -2.39. The Labute approximate surface area is 208 Å². The summed E-state index contributed by atoms with van der Waals surface area (Å²) < 4.78 is 20.0. The lowest BCUT2D eigenvalue weighted by Gasteiger charge is -2.23. The van der Waals surface area contributed by atoms with Crippen molar-refractivity contribution in [3.8, 4) is 11.4 Å². The summed E-state index contributed by atoms with van der Waals surface area (Å²) >= 11 is 6.11. The zero-order valence-corrected chi connectivity index (χ0v) is 20.0. The Balaban J connectivity index is 1.49. The van der Waals surface area contributed by atoms with Gasteiger partial charge in [-0.05, 0) is 55.9 Å². The number of aromatic nitrogens is 3. The molecule has 0 unspecified atom stereocenters. The molecule has 2 aliphatic rings. The van der Waals surface area contributed by atoms with E-state index in [4.69, 9.17) is 21.3 Å². The molecular formula is C26H27ClFN5O2. The van der Waals surface area contributed by atoms with Gasteiger partial charge in [0.1, 0.15) is 11.6 Å². The third-order valence-electron chi connectivity index (χ3n) is 6.66. The van der Waals surface area contributed by atoms with Crippen LogP contribution in [0.4, 0.5) is 15.9 Å². The molecular weight excluding hydrogens is 469 g/mol. The van der Waals surface area contributed by atoms with Gasteiger partial charge < -0.3 is 15.4 Å². The van der Waals surface area contributed by atoms with Crippen LogP contribution in [0.3, 0.4) is 0 Å². The first kappa shape index (κ1) is 23.6. The molecule has 35 heavy (non-hydrogen) atoms. The summed E-state index contributed by atoms with van der Waals surface area (Å²) in [4.78, 5) is 26.5. The quantitative estimate of drug-likeness (QED) is 0.460. The van der Waals surface area contributed by atoms with Crippen molar-refractivity contribution in [1.29, 1.82) is 0 Å². The van der Waals surface area contributed by atoms with E-state index >= 15 is 0 Å². The van der Waals surface area contributed by atoms with E-state index < -0.39 is 5.82 Å². The topological polar surface area (TPSA) is 89.0 Å². The van der Waals surface area contributed by atoms with Crippen LogP contribution in [0.5, 0.6) is 0 Å². The van der Waals surface area contributed by atoms with E-state index in [9.17, 15) is 9.18 Å². The minimum Gasteiger partial charge on any atom is -0.381 e. The molecule has 1 aromatic carbocycles. The van der Waals surface area contributed by atoms with Gasteiger partial charge in [0, 0.05) is 48.4 Å². The molecule has 1 aliphatic carbocycles. The molecule has 2 N–H and O–H groups in total. The predicted molar refractivity (Wildman–Crippen MR) is 132 cm³/mol. The van der Waals surface area contributed by atoms with Crippen LogP contribution >= 0.6 is 11.6 Å². The van der Waals surface area contributed by atoms with Crippen LogP contribution in [0.1, 0.15) is 60.4 Å². The molecule has 1 saturated carbocycles. The fraction of sp³-hybridized carbons (Fsp3) is 0.385. The summed E-state index contributed by atoms with van der Waals surface area (Å²) in [6.45, 7) is 1.27. The van der Waals surface area contributed by atoms with Gasteiger partial charge in [0.05, 0.1) is 16.8 Å². The van der Waals surface area contributed by atoms with Gasteiger partial charge in [-0.2, -0.15) is 0 Å². The molecule has 7 nitrogen and oxygen atoms in total. The molecule has 182 valence electrons. The van der Waals surface area contributed by atoms with Crippen LogP contribution in [-0.4, -0.2) is 40.1 Å². The number of pyridine rings is 1. The smallest absolute Gasteiger partial charge is 0.255 e. The number of halogens is 2. The minimum absolute atomic E-state index is 0.0646. The van der Waals surface area contributed by atoms with Gasteiger partial charge in [-0.15, -0.1) is 0 Å². The number of hydrogen-bond acceptors (Lipinski definition) is 6. The molecule has 5 rings (SSSR count). The molecule has 0 spiro atoms. The van der Waals surface area contributed by atoms with Crippen molar-refractivity contribution in [2.75, 3.05) is 18.5 Å². The first-order chi connectivity index (χ1) is 17.1. The van der Waals surface area contributed by atoms with Gasteiger partial charge in [0.25, 0.3) is 5.91 Å². The normalized spacial score (nSPS) is 16.9. The van der Waals surface area contributed by atoms with Crippen LogP contribution in [0.15, 0.2) is 42.9 Å². The van der Waals surface area contributed by atoms with Gasteiger partial charge >= 0.3 is 0 Å². The largest absolute Gasteiger partial charge is 0.381 e. The summed E-state index contributed by atoms with van der Waals surface area (Å²) in [6.07, 6.45) is 10.9. The first-order valence-electron chi connectivity index (χ1n) is 12.0. The number of hydrogen-bond donors (Lipinski definition) is 2. The number of nitrogens with zero attached hydrogens (tertiary/aromatic N) is 3. The van der Waals surface area contributed by atoms with Crippen LogP contribution < -0.4 is 10.6 Å². The zero-order valence-electron chi connectivity index (χ0n) is 19.3. The number of amides is 1. The van der Waals surface area contributed by atoms with Crippen molar-refractivity contribution in [3.63, 3.8) is 0 Å². The number of carbonyl (C=O) groups excluding carboxylic acids is 1. The maximum absolute atomic E-state index is 14.6. The lowest BCUT2D eigenvalue weighted by molar-refractivity contribution is 0.0696. The molecule has 2 aromatic heterocycles. The van der Waals surface area contributed by atoms with E-state index in [0.29, 0.717) is 41.2 Å². The minimum atomic E-state index is -0.450. The Bertz CT molecular complexity index is 1210. The van der Waals surface area contributed by atoms with E-state index in [1.54, 1.807) is 24.7 Å². The van der Waals surface area contributed by atoms with E-state index in [1.807, 2.05) is 0 Å². The Morgan fingerprint density at radius 3 is 2.69 bits per heavy atom. The number of anilines is 2. The molecule has 0 radical (unpaired) electrons. The highest BCUT2D eigenvalue weighted by atomic mass is 35.5. The average molecular weight is 496 g/mol. The first-order valence-corrected chi connectivity index (χ1v) is 12.4. The number of ether oxygens (including phenoxy) is 1.